The molecule has 0 bridgehead atoms. The molecule has 0 fully saturated rings. The van der Waals surface area contributed by atoms with Crippen LogP contribution in [-0.4, -0.2) is 16.8 Å². The second kappa shape index (κ2) is 10.4. The molecule has 6 nitrogen and oxygen atoms in total. The predicted octanol–water partition coefficient (Wildman–Crippen LogP) is 4.52. The molecule has 1 N–H and O–H groups in total. The van der Waals surface area contributed by atoms with Gasteiger partial charge in [0.1, 0.15) is 5.82 Å². The summed E-state index contributed by atoms with van der Waals surface area (Å²) in [5.74, 6) is -0.632. The first-order valence-corrected chi connectivity index (χ1v) is 10.4. The summed E-state index contributed by atoms with van der Waals surface area (Å²) in [6.45, 7) is 0.599. The maximum absolute atomic E-state index is 13.7. The molecule has 4 rings (SSSR count). The van der Waals surface area contributed by atoms with Gasteiger partial charge in [-0.1, -0.05) is 24.3 Å². The summed E-state index contributed by atoms with van der Waals surface area (Å²) < 4.78 is 19.0. The predicted molar refractivity (Wildman–Crippen MR) is 122 cm³/mol. The third kappa shape index (κ3) is 5.92. The fourth-order valence-corrected chi connectivity index (χ4v) is 3.37. The highest BCUT2D eigenvalue weighted by Gasteiger charge is 2.21. The minimum atomic E-state index is -0.369. The molecular formula is C26H22FN3O3. The SMILES string of the molecule is O=C(Cc1ccc(N(Cc2cccc(F)c2)C(=O)c2ccco2)cc1)NCc1ccncc1. The van der Waals surface area contributed by atoms with E-state index in [0.717, 1.165) is 11.1 Å². The highest BCUT2D eigenvalue weighted by atomic mass is 19.1. The normalized spacial score (nSPS) is 10.6. The highest BCUT2D eigenvalue weighted by molar-refractivity contribution is 6.04. The summed E-state index contributed by atoms with van der Waals surface area (Å²) in [6.07, 6.45) is 5.00. The Kier molecular flexibility index (Phi) is 6.90. The van der Waals surface area contributed by atoms with Crippen molar-refractivity contribution in [2.45, 2.75) is 19.5 Å². The van der Waals surface area contributed by atoms with Crippen molar-refractivity contribution in [3.05, 3.63) is 120 Å². The van der Waals surface area contributed by atoms with E-state index in [1.165, 1.54) is 23.3 Å². The largest absolute Gasteiger partial charge is 0.459 e. The van der Waals surface area contributed by atoms with Crippen molar-refractivity contribution in [1.82, 2.24) is 10.3 Å². The van der Waals surface area contributed by atoms with E-state index in [1.807, 2.05) is 12.1 Å². The number of hydrogen-bond acceptors (Lipinski definition) is 4. The molecule has 2 aromatic carbocycles. The number of hydrogen-bond donors (Lipinski definition) is 1. The average Bonchev–Trinajstić information content (AvgIpc) is 3.37. The molecule has 33 heavy (non-hydrogen) atoms. The van der Waals surface area contributed by atoms with Gasteiger partial charge in [-0.3, -0.25) is 14.6 Å². The number of benzene rings is 2. The second-order valence-corrected chi connectivity index (χ2v) is 7.47. The maximum Gasteiger partial charge on any atom is 0.294 e. The number of carbonyl (C=O) groups excluding carboxylic acids is 2. The van der Waals surface area contributed by atoms with Crippen molar-refractivity contribution < 1.29 is 18.4 Å². The summed E-state index contributed by atoms with van der Waals surface area (Å²) in [6, 6.07) is 20.2. The minimum absolute atomic E-state index is 0.108. The summed E-state index contributed by atoms with van der Waals surface area (Å²) in [7, 11) is 0. The van der Waals surface area contributed by atoms with Gasteiger partial charge >= 0.3 is 0 Å². The van der Waals surface area contributed by atoms with E-state index in [4.69, 9.17) is 4.42 Å². The molecule has 2 aromatic heterocycles. The molecule has 2 heterocycles. The van der Waals surface area contributed by atoms with Gasteiger partial charge < -0.3 is 14.6 Å². The van der Waals surface area contributed by atoms with Crippen LogP contribution in [0.3, 0.4) is 0 Å². The lowest BCUT2D eigenvalue weighted by molar-refractivity contribution is -0.120. The topological polar surface area (TPSA) is 75.4 Å². The van der Waals surface area contributed by atoms with E-state index in [2.05, 4.69) is 10.3 Å². The van der Waals surface area contributed by atoms with Crippen LogP contribution in [0.25, 0.3) is 0 Å². The van der Waals surface area contributed by atoms with Gasteiger partial charge in [-0.2, -0.15) is 0 Å². The molecular weight excluding hydrogens is 421 g/mol. The molecule has 0 radical (unpaired) electrons. The second-order valence-electron chi connectivity index (χ2n) is 7.47. The minimum Gasteiger partial charge on any atom is -0.459 e. The number of rotatable bonds is 8. The molecule has 0 unspecified atom stereocenters. The van der Waals surface area contributed by atoms with Crippen LogP contribution in [0.4, 0.5) is 10.1 Å². The van der Waals surface area contributed by atoms with Crippen LogP contribution in [-0.2, 0) is 24.3 Å². The van der Waals surface area contributed by atoms with Gasteiger partial charge in [0, 0.05) is 24.6 Å². The van der Waals surface area contributed by atoms with Crippen LogP contribution in [0.15, 0.2) is 95.9 Å². The first-order valence-electron chi connectivity index (χ1n) is 10.4. The fraction of sp³-hybridized carbons (Fsp3) is 0.115. The van der Waals surface area contributed by atoms with Gasteiger partial charge in [0.25, 0.3) is 5.91 Å². The zero-order valence-electron chi connectivity index (χ0n) is 17.8. The molecule has 4 aromatic rings. The van der Waals surface area contributed by atoms with Gasteiger partial charge in [-0.05, 0) is 65.2 Å². The number of amides is 2. The lowest BCUT2D eigenvalue weighted by Gasteiger charge is -2.22. The summed E-state index contributed by atoms with van der Waals surface area (Å²) in [5.41, 5.74) is 3.04. The number of carbonyl (C=O) groups is 2. The van der Waals surface area contributed by atoms with Crippen LogP contribution in [0.1, 0.15) is 27.2 Å². The molecule has 0 aliphatic heterocycles. The van der Waals surface area contributed by atoms with Gasteiger partial charge in [-0.15, -0.1) is 0 Å². The third-order valence-electron chi connectivity index (χ3n) is 5.06. The van der Waals surface area contributed by atoms with Crippen molar-refractivity contribution >= 4 is 17.5 Å². The highest BCUT2D eigenvalue weighted by Crippen LogP contribution is 2.22. The Morgan fingerprint density at radius 3 is 2.39 bits per heavy atom. The Morgan fingerprint density at radius 2 is 1.70 bits per heavy atom. The van der Waals surface area contributed by atoms with E-state index in [-0.39, 0.29) is 36.4 Å². The number of pyridine rings is 1. The quantitative estimate of drug-likeness (QED) is 0.435. The molecule has 166 valence electrons. The van der Waals surface area contributed by atoms with E-state index in [9.17, 15) is 14.0 Å². The Morgan fingerprint density at radius 1 is 0.909 bits per heavy atom. The monoisotopic (exact) mass is 443 g/mol. The molecule has 7 heteroatoms. The molecule has 0 spiro atoms. The van der Waals surface area contributed by atoms with E-state index in [1.54, 1.807) is 60.9 Å². The Balaban J connectivity index is 1.46. The van der Waals surface area contributed by atoms with Gasteiger partial charge in [-0.25, -0.2) is 4.39 Å². The van der Waals surface area contributed by atoms with E-state index >= 15 is 0 Å². The summed E-state index contributed by atoms with van der Waals surface area (Å²) in [4.78, 5) is 30.8. The Bertz CT molecular complexity index is 1210. The Hall–Kier alpha value is -4.26. The van der Waals surface area contributed by atoms with Crippen LogP contribution >= 0.6 is 0 Å². The lowest BCUT2D eigenvalue weighted by Crippen LogP contribution is -2.30. The smallest absolute Gasteiger partial charge is 0.294 e. The van der Waals surface area contributed by atoms with E-state index in [0.29, 0.717) is 17.8 Å². The first-order chi connectivity index (χ1) is 16.1. The van der Waals surface area contributed by atoms with Crippen molar-refractivity contribution in [3.8, 4) is 0 Å². The van der Waals surface area contributed by atoms with Crippen LogP contribution in [0, 0.1) is 5.82 Å². The van der Waals surface area contributed by atoms with Crippen molar-refractivity contribution in [2.24, 2.45) is 0 Å². The van der Waals surface area contributed by atoms with Gasteiger partial charge in [0.05, 0.1) is 19.2 Å². The maximum atomic E-state index is 13.7. The van der Waals surface area contributed by atoms with Crippen molar-refractivity contribution in [3.63, 3.8) is 0 Å². The van der Waals surface area contributed by atoms with Crippen LogP contribution < -0.4 is 10.2 Å². The number of aromatic nitrogens is 1. The average molecular weight is 443 g/mol. The fourth-order valence-electron chi connectivity index (χ4n) is 3.37. The zero-order valence-corrected chi connectivity index (χ0v) is 17.8. The molecule has 0 atom stereocenters. The first kappa shape index (κ1) is 22.0. The van der Waals surface area contributed by atoms with Crippen molar-refractivity contribution in [1.29, 1.82) is 0 Å². The van der Waals surface area contributed by atoms with Crippen LogP contribution in [0.5, 0.6) is 0 Å². The van der Waals surface area contributed by atoms with Crippen molar-refractivity contribution in [2.75, 3.05) is 4.90 Å². The van der Waals surface area contributed by atoms with Gasteiger partial charge in [0.2, 0.25) is 5.91 Å². The number of halogens is 1. The van der Waals surface area contributed by atoms with Crippen LogP contribution in [0.2, 0.25) is 0 Å². The molecule has 0 saturated carbocycles. The standard InChI is InChI=1S/C26H22FN3O3/c27-22-4-1-3-21(15-22)18-30(26(32)24-5-2-14-33-24)23-8-6-19(7-9-23)16-25(31)29-17-20-10-12-28-13-11-20/h1-15H,16-18H2,(H,29,31). The molecule has 0 saturated heterocycles. The van der Waals surface area contributed by atoms with Gasteiger partial charge in [0.15, 0.2) is 5.76 Å². The number of furan rings is 1. The summed E-state index contributed by atoms with van der Waals surface area (Å²) >= 11 is 0. The van der Waals surface area contributed by atoms with E-state index < -0.39 is 0 Å². The molecule has 0 aliphatic carbocycles. The Labute approximate surface area is 190 Å². The third-order valence-corrected chi connectivity index (χ3v) is 5.06. The number of nitrogens with one attached hydrogen (secondary N) is 1. The lowest BCUT2D eigenvalue weighted by atomic mass is 10.1. The molecule has 0 aliphatic rings. The molecule has 2 amide bonds. The summed E-state index contributed by atoms with van der Waals surface area (Å²) in [5, 5.41) is 2.88. The zero-order chi connectivity index (χ0) is 23.0. The number of anilines is 1. The number of nitrogens with zero attached hydrogens (tertiary/aromatic N) is 2.